The summed E-state index contributed by atoms with van der Waals surface area (Å²) < 4.78 is 0. The molecule has 6 heteroatoms. The van der Waals surface area contributed by atoms with Gasteiger partial charge in [0.2, 0.25) is 0 Å². The van der Waals surface area contributed by atoms with E-state index in [1.165, 1.54) is 5.56 Å². The lowest BCUT2D eigenvalue weighted by Gasteiger charge is -2.19. The Morgan fingerprint density at radius 3 is 2.56 bits per heavy atom. The van der Waals surface area contributed by atoms with E-state index in [1.54, 1.807) is 24.8 Å². The van der Waals surface area contributed by atoms with Crippen LogP contribution in [-0.2, 0) is 6.42 Å². The normalized spacial score (nSPS) is 10.7. The van der Waals surface area contributed by atoms with E-state index in [9.17, 15) is 4.79 Å². The van der Waals surface area contributed by atoms with E-state index in [0.717, 1.165) is 31.6 Å². The molecule has 2 heterocycles. The SMILES string of the molecule is CN(C)CCCNC(=O)c1cncc(N(C)CCc2ccncc2)c1. The molecule has 1 amide bonds. The van der Waals surface area contributed by atoms with Crippen molar-refractivity contribution < 1.29 is 4.79 Å². The number of hydrogen-bond donors (Lipinski definition) is 1. The van der Waals surface area contributed by atoms with E-state index >= 15 is 0 Å². The molecule has 0 aromatic carbocycles. The van der Waals surface area contributed by atoms with Crippen molar-refractivity contribution in [2.24, 2.45) is 0 Å². The van der Waals surface area contributed by atoms with Crippen molar-refractivity contribution in [2.45, 2.75) is 12.8 Å². The zero-order valence-electron chi connectivity index (χ0n) is 15.3. The minimum absolute atomic E-state index is 0.0735. The third-order valence-corrected chi connectivity index (χ3v) is 3.98. The summed E-state index contributed by atoms with van der Waals surface area (Å²) in [6, 6.07) is 5.92. The highest BCUT2D eigenvalue weighted by atomic mass is 16.1. The van der Waals surface area contributed by atoms with Crippen LogP contribution < -0.4 is 10.2 Å². The number of anilines is 1. The maximum absolute atomic E-state index is 12.3. The Labute approximate surface area is 149 Å². The van der Waals surface area contributed by atoms with Crippen molar-refractivity contribution in [2.75, 3.05) is 45.7 Å². The molecule has 0 saturated heterocycles. The predicted octanol–water partition coefficient (Wildman–Crippen LogP) is 1.84. The molecule has 0 unspecified atom stereocenters. The van der Waals surface area contributed by atoms with Crippen molar-refractivity contribution in [1.29, 1.82) is 0 Å². The van der Waals surface area contributed by atoms with Gasteiger partial charge in [-0.05, 0) is 57.2 Å². The number of aromatic nitrogens is 2. The molecule has 0 atom stereocenters. The maximum atomic E-state index is 12.3. The molecule has 0 fully saturated rings. The highest BCUT2D eigenvalue weighted by Crippen LogP contribution is 2.14. The highest BCUT2D eigenvalue weighted by molar-refractivity contribution is 5.94. The molecule has 1 N–H and O–H groups in total. The van der Waals surface area contributed by atoms with Crippen molar-refractivity contribution in [1.82, 2.24) is 20.2 Å². The number of hydrogen-bond acceptors (Lipinski definition) is 5. The minimum Gasteiger partial charge on any atom is -0.373 e. The van der Waals surface area contributed by atoms with Crippen LogP contribution in [0.4, 0.5) is 5.69 Å². The first-order valence-corrected chi connectivity index (χ1v) is 8.54. The van der Waals surface area contributed by atoms with Crippen LogP contribution in [0.3, 0.4) is 0 Å². The number of carbonyl (C=O) groups is 1. The second kappa shape index (κ2) is 9.74. The lowest BCUT2D eigenvalue weighted by molar-refractivity contribution is 0.0952. The van der Waals surface area contributed by atoms with E-state index < -0.39 is 0 Å². The van der Waals surface area contributed by atoms with Gasteiger partial charge in [-0.25, -0.2) is 0 Å². The molecule has 0 spiro atoms. The average molecular weight is 341 g/mol. The maximum Gasteiger partial charge on any atom is 0.252 e. The van der Waals surface area contributed by atoms with E-state index in [-0.39, 0.29) is 5.91 Å². The molecule has 25 heavy (non-hydrogen) atoms. The van der Waals surface area contributed by atoms with Crippen LogP contribution in [0.2, 0.25) is 0 Å². The van der Waals surface area contributed by atoms with Gasteiger partial charge in [-0.3, -0.25) is 14.8 Å². The molecule has 0 aliphatic rings. The van der Waals surface area contributed by atoms with Gasteiger partial charge in [0.15, 0.2) is 0 Å². The topological polar surface area (TPSA) is 61.4 Å². The lowest BCUT2D eigenvalue weighted by Crippen LogP contribution is -2.27. The summed E-state index contributed by atoms with van der Waals surface area (Å²) in [5.74, 6) is -0.0735. The van der Waals surface area contributed by atoms with E-state index in [0.29, 0.717) is 12.1 Å². The number of nitrogens with one attached hydrogen (secondary N) is 1. The second-order valence-corrected chi connectivity index (χ2v) is 6.37. The summed E-state index contributed by atoms with van der Waals surface area (Å²) in [5, 5.41) is 2.95. The molecular formula is C19H27N5O. The Bertz CT molecular complexity index is 660. The fourth-order valence-corrected chi connectivity index (χ4v) is 2.44. The summed E-state index contributed by atoms with van der Waals surface area (Å²) in [4.78, 5) is 24.7. The van der Waals surface area contributed by atoms with Crippen LogP contribution in [-0.4, -0.2) is 61.6 Å². The lowest BCUT2D eigenvalue weighted by atomic mass is 10.2. The van der Waals surface area contributed by atoms with Crippen LogP contribution in [0, 0.1) is 0 Å². The number of likely N-dealkylation sites (N-methyl/N-ethyl adjacent to an activating group) is 1. The fourth-order valence-electron chi connectivity index (χ4n) is 2.44. The van der Waals surface area contributed by atoms with Crippen LogP contribution in [0.15, 0.2) is 43.0 Å². The molecule has 0 aliphatic heterocycles. The molecule has 2 aromatic rings. The number of nitrogens with zero attached hydrogens (tertiary/aromatic N) is 4. The van der Waals surface area contributed by atoms with Crippen LogP contribution in [0.25, 0.3) is 0 Å². The first-order valence-electron chi connectivity index (χ1n) is 8.54. The molecule has 0 aliphatic carbocycles. The van der Waals surface area contributed by atoms with Gasteiger partial charge in [-0.2, -0.15) is 0 Å². The summed E-state index contributed by atoms with van der Waals surface area (Å²) in [6.45, 7) is 2.47. The molecule has 0 radical (unpaired) electrons. The third-order valence-electron chi connectivity index (χ3n) is 3.98. The largest absolute Gasteiger partial charge is 0.373 e. The molecule has 0 saturated carbocycles. The van der Waals surface area contributed by atoms with Crippen molar-refractivity contribution in [3.8, 4) is 0 Å². The molecule has 2 aromatic heterocycles. The van der Waals surface area contributed by atoms with Gasteiger partial charge >= 0.3 is 0 Å². The van der Waals surface area contributed by atoms with Gasteiger partial charge in [-0.1, -0.05) is 0 Å². The Balaban J connectivity index is 1.87. The third kappa shape index (κ3) is 6.51. The second-order valence-electron chi connectivity index (χ2n) is 6.37. The Hall–Kier alpha value is -2.47. The first kappa shape index (κ1) is 18.9. The molecule has 0 bridgehead atoms. The number of carbonyl (C=O) groups excluding carboxylic acids is 1. The Morgan fingerprint density at radius 2 is 1.84 bits per heavy atom. The molecule has 2 rings (SSSR count). The average Bonchev–Trinajstić information content (AvgIpc) is 2.64. The number of rotatable bonds is 9. The zero-order valence-corrected chi connectivity index (χ0v) is 15.3. The summed E-state index contributed by atoms with van der Waals surface area (Å²) in [6.07, 6.45) is 8.85. The number of amides is 1. The fraction of sp³-hybridized carbons (Fsp3) is 0.421. The summed E-state index contributed by atoms with van der Waals surface area (Å²) >= 11 is 0. The van der Waals surface area contributed by atoms with Crippen molar-refractivity contribution in [3.05, 3.63) is 54.1 Å². The minimum atomic E-state index is -0.0735. The van der Waals surface area contributed by atoms with Crippen LogP contribution >= 0.6 is 0 Å². The van der Waals surface area contributed by atoms with E-state index in [2.05, 4.69) is 25.1 Å². The van der Waals surface area contributed by atoms with Crippen molar-refractivity contribution in [3.63, 3.8) is 0 Å². The van der Waals surface area contributed by atoms with Crippen molar-refractivity contribution >= 4 is 11.6 Å². The monoisotopic (exact) mass is 341 g/mol. The van der Waals surface area contributed by atoms with Gasteiger partial charge in [0.1, 0.15) is 0 Å². The molecular weight excluding hydrogens is 314 g/mol. The van der Waals surface area contributed by atoms with Gasteiger partial charge in [-0.15, -0.1) is 0 Å². The standard InChI is InChI=1S/C19H27N5O/c1-23(2)11-4-8-22-19(25)17-13-18(15-21-14-17)24(3)12-7-16-5-9-20-10-6-16/h5-6,9-10,13-15H,4,7-8,11-12H2,1-3H3,(H,22,25). The Morgan fingerprint density at radius 1 is 1.08 bits per heavy atom. The number of pyridine rings is 2. The first-order chi connectivity index (χ1) is 12.1. The molecule has 6 nitrogen and oxygen atoms in total. The van der Waals surface area contributed by atoms with E-state index in [1.807, 2.05) is 39.3 Å². The van der Waals surface area contributed by atoms with Gasteiger partial charge in [0.25, 0.3) is 5.91 Å². The zero-order chi connectivity index (χ0) is 18.1. The van der Waals surface area contributed by atoms with Gasteiger partial charge in [0.05, 0.1) is 17.4 Å². The quantitative estimate of drug-likeness (QED) is 0.705. The summed E-state index contributed by atoms with van der Waals surface area (Å²) in [7, 11) is 6.06. The Kier molecular flexibility index (Phi) is 7.35. The van der Waals surface area contributed by atoms with Crippen LogP contribution in [0.1, 0.15) is 22.3 Å². The van der Waals surface area contributed by atoms with Gasteiger partial charge in [0, 0.05) is 38.7 Å². The van der Waals surface area contributed by atoms with E-state index in [4.69, 9.17) is 0 Å². The highest BCUT2D eigenvalue weighted by Gasteiger charge is 2.09. The van der Waals surface area contributed by atoms with Gasteiger partial charge < -0.3 is 15.1 Å². The van der Waals surface area contributed by atoms with Crippen LogP contribution in [0.5, 0.6) is 0 Å². The smallest absolute Gasteiger partial charge is 0.252 e. The summed E-state index contributed by atoms with van der Waals surface area (Å²) in [5.41, 5.74) is 2.78. The predicted molar refractivity (Wildman–Crippen MR) is 101 cm³/mol. The molecule has 134 valence electrons.